The first-order chi connectivity index (χ1) is 12.1. The third kappa shape index (κ3) is 3.91. The maximum absolute atomic E-state index is 12.3. The monoisotopic (exact) mass is 339 g/mol. The predicted octanol–water partition coefficient (Wildman–Crippen LogP) is 3.94. The average Bonchev–Trinajstić information content (AvgIpc) is 3.21. The quantitative estimate of drug-likeness (QED) is 0.738. The molecule has 2 aromatic heterocycles. The molecular formula is C19H21N3O3. The van der Waals surface area contributed by atoms with E-state index in [0.717, 1.165) is 23.6 Å². The van der Waals surface area contributed by atoms with Crippen LogP contribution in [0.15, 0.2) is 47.0 Å². The van der Waals surface area contributed by atoms with Gasteiger partial charge in [0.25, 0.3) is 5.91 Å². The van der Waals surface area contributed by atoms with Crippen molar-refractivity contribution < 1.29 is 13.9 Å². The Balaban J connectivity index is 1.62. The summed E-state index contributed by atoms with van der Waals surface area (Å²) in [6.07, 6.45) is 1.64. The SMILES string of the molecule is CCn1ncc(NC(=O)c2ccc(COc3cccc(C)c3)o2)c1C. The van der Waals surface area contributed by atoms with E-state index in [-0.39, 0.29) is 18.3 Å². The number of carbonyl (C=O) groups excluding carboxylic acids is 1. The highest BCUT2D eigenvalue weighted by molar-refractivity contribution is 6.02. The Kier molecular flexibility index (Phi) is 4.88. The molecule has 0 bridgehead atoms. The molecule has 0 spiro atoms. The Morgan fingerprint density at radius 2 is 2.12 bits per heavy atom. The van der Waals surface area contributed by atoms with Crippen molar-refractivity contribution in [1.82, 2.24) is 9.78 Å². The van der Waals surface area contributed by atoms with Crippen LogP contribution in [0, 0.1) is 13.8 Å². The lowest BCUT2D eigenvalue weighted by atomic mass is 10.2. The molecule has 25 heavy (non-hydrogen) atoms. The molecule has 0 saturated carbocycles. The fourth-order valence-electron chi connectivity index (χ4n) is 2.51. The summed E-state index contributed by atoms with van der Waals surface area (Å²) >= 11 is 0. The molecule has 3 rings (SSSR count). The van der Waals surface area contributed by atoms with Crippen LogP contribution in [0.1, 0.15) is 34.5 Å². The van der Waals surface area contributed by atoms with Gasteiger partial charge in [-0.3, -0.25) is 9.48 Å². The van der Waals surface area contributed by atoms with E-state index >= 15 is 0 Å². The van der Waals surface area contributed by atoms with Gasteiger partial charge in [-0.15, -0.1) is 0 Å². The number of benzene rings is 1. The second kappa shape index (κ2) is 7.25. The van der Waals surface area contributed by atoms with Crippen molar-refractivity contribution in [2.75, 3.05) is 5.32 Å². The minimum Gasteiger partial charge on any atom is -0.486 e. The lowest BCUT2D eigenvalue weighted by Crippen LogP contribution is -2.11. The molecule has 0 fully saturated rings. The van der Waals surface area contributed by atoms with E-state index in [1.54, 1.807) is 18.3 Å². The smallest absolute Gasteiger partial charge is 0.291 e. The van der Waals surface area contributed by atoms with Gasteiger partial charge >= 0.3 is 0 Å². The molecular weight excluding hydrogens is 318 g/mol. The summed E-state index contributed by atoms with van der Waals surface area (Å²) in [4.78, 5) is 12.3. The number of furan rings is 1. The second-order valence-corrected chi connectivity index (χ2v) is 5.78. The summed E-state index contributed by atoms with van der Waals surface area (Å²) < 4.78 is 13.1. The van der Waals surface area contributed by atoms with Gasteiger partial charge in [0.2, 0.25) is 0 Å². The maximum Gasteiger partial charge on any atom is 0.291 e. The fourth-order valence-corrected chi connectivity index (χ4v) is 2.51. The summed E-state index contributed by atoms with van der Waals surface area (Å²) in [5.41, 5.74) is 2.71. The summed E-state index contributed by atoms with van der Waals surface area (Å²) in [6, 6.07) is 11.2. The highest BCUT2D eigenvalue weighted by Crippen LogP contribution is 2.18. The molecule has 0 radical (unpaired) electrons. The van der Waals surface area contributed by atoms with Crippen LogP contribution in [-0.4, -0.2) is 15.7 Å². The number of carbonyl (C=O) groups is 1. The molecule has 0 aliphatic carbocycles. The zero-order valence-electron chi connectivity index (χ0n) is 14.6. The van der Waals surface area contributed by atoms with Crippen LogP contribution < -0.4 is 10.1 Å². The average molecular weight is 339 g/mol. The number of hydrogen-bond donors (Lipinski definition) is 1. The van der Waals surface area contributed by atoms with Crippen molar-refractivity contribution in [2.24, 2.45) is 0 Å². The number of aromatic nitrogens is 2. The topological polar surface area (TPSA) is 69.3 Å². The van der Waals surface area contributed by atoms with E-state index in [0.29, 0.717) is 11.4 Å². The van der Waals surface area contributed by atoms with Crippen molar-refractivity contribution in [3.05, 3.63) is 65.4 Å². The molecule has 130 valence electrons. The number of amides is 1. The van der Waals surface area contributed by atoms with Gasteiger partial charge in [-0.1, -0.05) is 12.1 Å². The van der Waals surface area contributed by atoms with Crippen LogP contribution in [0.25, 0.3) is 0 Å². The zero-order chi connectivity index (χ0) is 17.8. The molecule has 3 aromatic rings. The number of ether oxygens (including phenoxy) is 1. The lowest BCUT2D eigenvalue weighted by Gasteiger charge is -2.05. The molecule has 1 aromatic carbocycles. The summed E-state index contributed by atoms with van der Waals surface area (Å²) in [5.74, 6) is 1.30. The third-order valence-corrected chi connectivity index (χ3v) is 3.91. The van der Waals surface area contributed by atoms with Gasteiger partial charge in [0, 0.05) is 6.54 Å². The second-order valence-electron chi connectivity index (χ2n) is 5.78. The number of rotatable bonds is 6. The molecule has 1 N–H and O–H groups in total. The fraction of sp³-hybridized carbons (Fsp3) is 0.263. The van der Waals surface area contributed by atoms with Crippen molar-refractivity contribution in [3.63, 3.8) is 0 Å². The van der Waals surface area contributed by atoms with Crippen molar-refractivity contribution in [2.45, 2.75) is 33.9 Å². The first-order valence-corrected chi connectivity index (χ1v) is 8.18. The Morgan fingerprint density at radius 3 is 2.84 bits per heavy atom. The van der Waals surface area contributed by atoms with Gasteiger partial charge in [0.15, 0.2) is 5.76 Å². The Bertz CT molecular complexity index is 880. The van der Waals surface area contributed by atoms with Gasteiger partial charge in [-0.2, -0.15) is 5.10 Å². The molecule has 6 nitrogen and oxygen atoms in total. The molecule has 0 atom stereocenters. The van der Waals surface area contributed by atoms with Gasteiger partial charge in [-0.05, 0) is 50.6 Å². The van der Waals surface area contributed by atoms with E-state index in [1.165, 1.54) is 0 Å². The van der Waals surface area contributed by atoms with Gasteiger partial charge in [0.1, 0.15) is 18.1 Å². The van der Waals surface area contributed by atoms with Crippen molar-refractivity contribution in [3.8, 4) is 5.75 Å². The molecule has 0 unspecified atom stereocenters. The van der Waals surface area contributed by atoms with E-state index in [9.17, 15) is 4.79 Å². The Labute approximate surface area is 146 Å². The van der Waals surface area contributed by atoms with Crippen LogP contribution in [0.3, 0.4) is 0 Å². The third-order valence-electron chi connectivity index (χ3n) is 3.91. The van der Waals surface area contributed by atoms with E-state index in [4.69, 9.17) is 9.15 Å². The van der Waals surface area contributed by atoms with Crippen molar-refractivity contribution in [1.29, 1.82) is 0 Å². The largest absolute Gasteiger partial charge is 0.486 e. The predicted molar refractivity (Wildman–Crippen MR) is 94.8 cm³/mol. The molecule has 2 heterocycles. The lowest BCUT2D eigenvalue weighted by molar-refractivity contribution is 0.0992. The standard InChI is InChI=1S/C19H21N3O3/c1-4-22-14(3)17(11-20-22)21-19(23)18-9-8-16(25-18)12-24-15-7-5-6-13(2)10-15/h5-11H,4,12H2,1-3H3,(H,21,23). The van der Waals surface area contributed by atoms with E-state index in [2.05, 4.69) is 10.4 Å². The Morgan fingerprint density at radius 1 is 1.28 bits per heavy atom. The number of anilines is 1. The van der Waals surface area contributed by atoms with E-state index in [1.807, 2.05) is 49.7 Å². The maximum atomic E-state index is 12.3. The minimum absolute atomic E-state index is 0.242. The summed E-state index contributed by atoms with van der Waals surface area (Å²) in [6.45, 7) is 6.94. The van der Waals surface area contributed by atoms with Crippen LogP contribution in [-0.2, 0) is 13.2 Å². The van der Waals surface area contributed by atoms with Crippen LogP contribution in [0.2, 0.25) is 0 Å². The molecule has 0 aliphatic heterocycles. The van der Waals surface area contributed by atoms with Gasteiger partial charge in [-0.25, -0.2) is 0 Å². The number of aryl methyl sites for hydroxylation is 2. The van der Waals surface area contributed by atoms with Crippen LogP contribution in [0.4, 0.5) is 5.69 Å². The molecule has 6 heteroatoms. The molecule has 0 aliphatic rings. The number of nitrogens with one attached hydrogen (secondary N) is 1. The summed E-state index contributed by atoms with van der Waals surface area (Å²) in [5, 5.41) is 7.03. The van der Waals surface area contributed by atoms with Gasteiger partial charge < -0.3 is 14.5 Å². The Hall–Kier alpha value is -3.02. The van der Waals surface area contributed by atoms with E-state index < -0.39 is 0 Å². The normalized spacial score (nSPS) is 10.7. The zero-order valence-corrected chi connectivity index (χ0v) is 14.6. The molecule has 0 saturated heterocycles. The van der Waals surface area contributed by atoms with Crippen LogP contribution in [0.5, 0.6) is 5.75 Å². The molecule has 1 amide bonds. The number of nitrogens with zero attached hydrogens (tertiary/aromatic N) is 2. The highest BCUT2D eigenvalue weighted by atomic mass is 16.5. The first-order valence-electron chi connectivity index (χ1n) is 8.18. The highest BCUT2D eigenvalue weighted by Gasteiger charge is 2.14. The minimum atomic E-state index is -0.305. The van der Waals surface area contributed by atoms with Crippen molar-refractivity contribution >= 4 is 11.6 Å². The first kappa shape index (κ1) is 16.8. The van der Waals surface area contributed by atoms with Crippen LogP contribution >= 0.6 is 0 Å². The summed E-state index contributed by atoms with van der Waals surface area (Å²) in [7, 11) is 0. The number of hydrogen-bond acceptors (Lipinski definition) is 4. The van der Waals surface area contributed by atoms with Gasteiger partial charge in [0.05, 0.1) is 17.6 Å².